The monoisotopic (exact) mass is 802 g/mol. The first-order chi connectivity index (χ1) is 24.4. The molecule has 0 atom stereocenters. The number of rotatable bonds is 20. The maximum absolute atomic E-state index is 8.97. The fraction of sp³-hybridized carbons (Fsp3) is 1.00. The van der Waals surface area contributed by atoms with Crippen LogP contribution in [0.25, 0.3) is 0 Å². The van der Waals surface area contributed by atoms with E-state index in [1.165, 1.54) is 0 Å². The van der Waals surface area contributed by atoms with Crippen molar-refractivity contribution in [3.05, 3.63) is 0 Å². The Balaban J connectivity index is -0.0000000594. The summed E-state index contributed by atoms with van der Waals surface area (Å²) in [7, 11) is -3.33. The van der Waals surface area contributed by atoms with Crippen LogP contribution >= 0.6 is 0 Å². The highest BCUT2D eigenvalue weighted by Gasteiger charge is 2.44. The molecule has 0 aliphatic rings. The van der Waals surface area contributed by atoms with Gasteiger partial charge in [-0.25, -0.2) is 0 Å². The molecule has 0 aromatic heterocycles. The fourth-order valence-electron chi connectivity index (χ4n) is 1.82. The lowest BCUT2D eigenvalue weighted by Gasteiger charge is -2.26. The van der Waals surface area contributed by atoms with Crippen molar-refractivity contribution in [2.45, 2.75) is 120 Å². The van der Waals surface area contributed by atoms with Crippen molar-refractivity contribution in [1.82, 2.24) is 0 Å². The second kappa shape index (κ2) is 78.7. The Labute approximate surface area is 319 Å². The maximum Gasteiger partial charge on any atom is 0.679 e. The molecule has 0 aliphatic carbocycles. The number of hydrogen-bond acceptors (Lipinski definition) is 16. The van der Waals surface area contributed by atoms with E-state index in [1.807, 2.05) is 27.7 Å². The fourth-order valence-corrected chi connectivity index (χ4v) is 5.47. The van der Waals surface area contributed by atoms with E-state index in [0.29, 0.717) is 33.0 Å². The smallest absolute Gasteiger partial charge is 0.396 e. The second-order valence-electron chi connectivity index (χ2n) is 9.42. The van der Waals surface area contributed by atoms with Gasteiger partial charge in [-0.1, -0.05) is 41.5 Å². The van der Waals surface area contributed by atoms with Gasteiger partial charge in [-0.2, -0.15) is 0 Å². The van der Waals surface area contributed by atoms with Gasteiger partial charge in [0, 0.05) is 40.6 Å². The molecule has 0 aliphatic heterocycles. The van der Waals surface area contributed by atoms with Crippen LogP contribution in [0.3, 0.4) is 0 Å². The molecule has 16 nitrogen and oxygen atoms in total. The van der Waals surface area contributed by atoms with Crippen LogP contribution < -0.4 is 40.1 Å². The van der Waals surface area contributed by atoms with Crippen LogP contribution in [0.4, 0.5) is 0 Å². The third-order valence-corrected chi connectivity index (χ3v) is 10.4. The summed E-state index contributed by atoms with van der Waals surface area (Å²) >= 11 is 0. The summed E-state index contributed by atoms with van der Waals surface area (Å²) in [6.45, 7) is 27.7. The van der Waals surface area contributed by atoms with E-state index in [9.17, 15) is 0 Å². The van der Waals surface area contributed by atoms with Crippen molar-refractivity contribution in [2.24, 2.45) is 40.1 Å². The minimum Gasteiger partial charge on any atom is -0.396 e. The first-order valence-electron chi connectivity index (χ1n) is 18.6. The molecule has 0 fully saturated rings. The van der Waals surface area contributed by atoms with Crippen LogP contribution in [0.2, 0.25) is 6.04 Å². The molecule has 15 N–H and O–H groups in total. The maximum atomic E-state index is 8.97. The summed E-state index contributed by atoms with van der Waals surface area (Å²) in [6.07, 6.45) is 7.43. The highest BCUT2D eigenvalue weighted by molar-refractivity contribution is 6.67. The lowest BCUT2D eigenvalue weighted by atomic mass is 10.5. The normalized spacial score (nSPS) is 9.33. The molecule has 0 heterocycles. The van der Waals surface area contributed by atoms with Crippen molar-refractivity contribution >= 4 is 26.9 Å². The van der Waals surface area contributed by atoms with E-state index in [2.05, 4.69) is 41.5 Å². The molecule has 19 heteroatoms. The van der Waals surface area contributed by atoms with E-state index < -0.39 is 26.9 Å². The van der Waals surface area contributed by atoms with Crippen molar-refractivity contribution in [2.75, 3.05) is 92.7 Å². The number of hydrogen-bond donors (Lipinski definition) is 8. The van der Waals surface area contributed by atoms with Gasteiger partial charge in [0.2, 0.25) is 0 Å². The minimum atomic E-state index is -2.80. The quantitative estimate of drug-likeness (QED) is 0.0821. The van der Waals surface area contributed by atoms with E-state index in [4.69, 9.17) is 80.7 Å². The Morgan fingerprint density at radius 2 is 0.667 bits per heavy atom. The number of aliphatic hydroxyl groups is 1. The van der Waals surface area contributed by atoms with Gasteiger partial charge in [-0.05, 0) is 124 Å². The Bertz CT molecular complexity index is 458. The molecule has 0 aromatic carbocycles. The topological polar surface area (TPSA) is 292 Å². The Morgan fingerprint density at radius 1 is 0.471 bits per heavy atom. The first kappa shape index (κ1) is 72.0. The highest BCUT2D eigenvalue weighted by atomic mass is 28.4. The molecule has 0 saturated carbocycles. The lowest BCUT2D eigenvalue weighted by Crippen LogP contribution is -2.49. The van der Waals surface area contributed by atoms with Gasteiger partial charge in [0.1, 0.15) is 0 Å². The summed E-state index contributed by atoms with van der Waals surface area (Å²) in [5.41, 5.74) is 35.5. The number of nitrogens with two attached hydrogens (primary N) is 7. The van der Waals surface area contributed by atoms with Crippen molar-refractivity contribution in [3.8, 4) is 0 Å². The third-order valence-electron chi connectivity index (χ3n) is 4.76. The molecular formula is C32H91N7O9Si3. The predicted molar refractivity (Wildman–Crippen MR) is 221 cm³/mol. The molecule has 0 rings (SSSR count). The van der Waals surface area contributed by atoms with Gasteiger partial charge in [0.15, 0.2) is 0 Å². The summed E-state index contributed by atoms with van der Waals surface area (Å²) in [4.78, 5) is 0. The highest BCUT2D eigenvalue weighted by Crippen LogP contribution is 2.12. The van der Waals surface area contributed by atoms with E-state index >= 15 is 0 Å². The number of aliphatic hydroxyl groups excluding tert-OH is 1. The van der Waals surface area contributed by atoms with Crippen molar-refractivity contribution < 1.29 is 40.6 Å². The van der Waals surface area contributed by atoms with Crippen LogP contribution in [0.1, 0.15) is 114 Å². The van der Waals surface area contributed by atoms with Crippen LogP contribution in [0.5, 0.6) is 0 Å². The van der Waals surface area contributed by atoms with Crippen LogP contribution in [-0.2, 0) is 35.5 Å². The van der Waals surface area contributed by atoms with Gasteiger partial charge in [-0.15, -0.1) is 0 Å². The summed E-state index contributed by atoms with van der Waals surface area (Å²) < 4.78 is 48.8. The molecule has 0 aromatic rings. The van der Waals surface area contributed by atoms with Crippen LogP contribution in [0, 0.1) is 0 Å². The third kappa shape index (κ3) is 88.7. The standard InChI is InChI=1S/C8H20O4Si.C6H17NO3Si.6C3H9N.O2Si/c1-5-9-13(10-6-2,11-7-3)12-8-4;1-9-11(6-8,10-2)5-3-4-7;6*1-2-3-4;1-3-2/h5-8H2,1-4H3;8H,3-7H2,1-2H3;6*2-4H2,1H3;. The van der Waals surface area contributed by atoms with Gasteiger partial charge >= 0.3 is 26.9 Å². The SMILES string of the molecule is CCCN.CCCN.CCCN.CCCN.CCCN.CCCN.CCO[Si](OCC)(OCC)OCC.CO[Si](CO)(CCCN)OC.O=[Si]=O. The molecule has 0 amide bonds. The van der Waals surface area contributed by atoms with Crippen molar-refractivity contribution in [1.29, 1.82) is 0 Å². The summed E-state index contributed by atoms with van der Waals surface area (Å²) in [6, 6.07) is 0.757. The van der Waals surface area contributed by atoms with E-state index in [1.54, 1.807) is 14.2 Å². The zero-order chi connectivity index (χ0) is 42.1. The first-order valence-corrected chi connectivity index (χ1v) is 23.2. The van der Waals surface area contributed by atoms with Crippen LogP contribution in [0.15, 0.2) is 0 Å². The van der Waals surface area contributed by atoms with Crippen molar-refractivity contribution in [3.63, 3.8) is 0 Å². The van der Waals surface area contributed by atoms with Gasteiger partial charge in [0.05, 0.1) is 6.23 Å². The van der Waals surface area contributed by atoms with Gasteiger partial charge < -0.3 is 71.8 Å². The molecule has 320 valence electrons. The second-order valence-corrected chi connectivity index (χ2v) is 15.2. The van der Waals surface area contributed by atoms with Crippen LogP contribution in [-0.4, -0.2) is 125 Å². The molecule has 0 saturated heterocycles. The summed E-state index contributed by atoms with van der Waals surface area (Å²) in [5, 5.41) is 8.97. The Kier molecular flexibility index (Phi) is 111. The lowest BCUT2D eigenvalue weighted by molar-refractivity contribution is -0.0247. The molecular weight excluding hydrogens is 711 g/mol. The zero-order valence-electron chi connectivity index (χ0n) is 35.4. The average molecular weight is 802 g/mol. The molecule has 0 spiro atoms. The van der Waals surface area contributed by atoms with E-state index in [-0.39, 0.29) is 6.23 Å². The Morgan fingerprint density at radius 3 is 0.765 bits per heavy atom. The Hall–Kier alpha value is -0.309. The largest absolute Gasteiger partial charge is 0.679 e. The molecule has 0 radical (unpaired) electrons. The zero-order valence-corrected chi connectivity index (χ0v) is 38.4. The molecule has 51 heavy (non-hydrogen) atoms. The van der Waals surface area contributed by atoms with Gasteiger partial charge in [0.25, 0.3) is 0 Å². The molecule has 0 unspecified atom stereocenters. The predicted octanol–water partition coefficient (Wildman–Crippen LogP) is 2.68. The van der Waals surface area contributed by atoms with Gasteiger partial charge in [-0.3, -0.25) is 8.92 Å². The average Bonchev–Trinajstić information content (AvgIpc) is 3.17. The molecule has 0 bridgehead atoms. The van der Waals surface area contributed by atoms with E-state index in [0.717, 1.165) is 90.3 Å². The minimum absolute atomic E-state index is 0. The summed E-state index contributed by atoms with van der Waals surface area (Å²) in [5.74, 6) is 0.